The SMILES string of the molecule is Cc1ccn(CC2CCCNC2)c(=O)c1C(=O)N1CCN(Cc2ccc(F)cc2)CC1.Cl.Cl. The summed E-state index contributed by atoms with van der Waals surface area (Å²) in [6.07, 6.45) is 4.05. The van der Waals surface area contributed by atoms with Gasteiger partial charge in [0, 0.05) is 45.5 Å². The van der Waals surface area contributed by atoms with Crippen molar-refractivity contribution in [3.63, 3.8) is 0 Å². The second-order valence-electron chi connectivity index (χ2n) is 8.74. The van der Waals surface area contributed by atoms with E-state index < -0.39 is 0 Å². The van der Waals surface area contributed by atoms with Gasteiger partial charge >= 0.3 is 0 Å². The van der Waals surface area contributed by atoms with Crippen LogP contribution in [-0.4, -0.2) is 59.5 Å². The van der Waals surface area contributed by atoms with Crippen molar-refractivity contribution in [2.75, 3.05) is 39.3 Å². The Morgan fingerprint density at radius 2 is 1.79 bits per heavy atom. The summed E-state index contributed by atoms with van der Waals surface area (Å²) in [6, 6.07) is 8.42. The van der Waals surface area contributed by atoms with Gasteiger partial charge in [0.2, 0.25) is 0 Å². The van der Waals surface area contributed by atoms with Crippen LogP contribution in [0.2, 0.25) is 0 Å². The van der Waals surface area contributed by atoms with Crippen molar-refractivity contribution in [2.24, 2.45) is 5.92 Å². The smallest absolute Gasteiger partial charge is 0.263 e. The average Bonchev–Trinajstić information content (AvgIpc) is 2.78. The van der Waals surface area contributed by atoms with Crippen LogP contribution in [0.3, 0.4) is 0 Å². The Morgan fingerprint density at radius 1 is 1.09 bits per heavy atom. The van der Waals surface area contributed by atoms with Crippen LogP contribution in [0.5, 0.6) is 0 Å². The van der Waals surface area contributed by atoms with Crippen molar-refractivity contribution in [3.8, 4) is 0 Å². The summed E-state index contributed by atoms with van der Waals surface area (Å²) in [5, 5.41) is 3.39. The van der Waals surface area contributed by atoms with Gasteiger partial charge in [-0.1, -0.05) is 12.1 Å². The Kier molecular flexibility index (Phi) is 10.4. The van der Waals surface area contributed by atoms with Crippen molar-refractivity contribution >= 4 is 30.7 Å². The summed E-state index contributed by atoms with van der Waals surface area (Å²) in [4.78, 5) is 30.4. The third-order valence-electron chi connectivity index (χ3n) is 6.42. The maximum Gasteiger partial charge on any atom is 0.263 e. The highest BCUT2D eigenvalue weighted by atomic mass is 35.5. The van der Waals surface area contributed by atoms with Crippen LogP contribution in [-0.2, 0) is 13.1 Å². The Hall–Kier alpha value is -1.93. The number of hydrogen-bond donors (Lipinski definition) is 1. The first-order chi connectivity index (χ1) is 15.0. The standard InChI is InChI=1S/C24H31FN4O2.2ClH/c1-18-8-10-29(17-20-3-2-9-26-15-20)24(31)22(18)23(30)28-13-11-27(12-14-28)16-19-4-6-21(25)7-5-19;;/h4-8,10,20,26H,2-3,9,11-17H2,1H3;2*1H. The lowest BCUT2D eigenvalue weighted by molar-refractivity contribution is 0.0625. The molecule has 2 aliphatic rings. The molecule has 3 heterocycles. The molecule has 1 N–H and O–H groups in total. The summed E-state index contributed by atoms with van der Waals surface area (Å²) in [6.45, 7) is 7.81. The number of piperidine rings is 1. The molecular weight excluding hydrogens is 466 g/mol. The van der Waals surface area contributed by atoms with Gasteiger partial charge in [-0.15, -0.1) is 24.8 Å². The summed E-state index contributed by atoms with van der Waals surface area (Å²) in [5.41, 5.74) is 1.92. The fourth-order valence-electron chi connectivity index (χ4n) is 4.54. The van der Waals surface area contributed by atoms with Gasteiger partial charge in [0.15, 0.2) is 0 Å². The summed E-state index contributed by atoms with van der Waals surface area (Å²) >= 11 is 0. The van der Waals surface area contributed by atoms with E-state index in [1.807, 2.05) is 19.2 Å². The second-order valence-corrected chi connectivity index (χ2v) is 8.74. The maximum atomic E-state index is 13.2. The highest BCUT2D eigenvalue weighted by Crippen LogP contribution is 2.15. The van der Waals surface area contributed by atoms with E-state index in [0.29, 0.717) is 31.1 Å². The maximum absolute atomic E-state index is 13.2. The number of amides is 1. The zero-order valence-electron chi connectivity index (χ0n) is 19.0. The van der Waals surface area contributed by atoms with E-state index in [0.717, 1.165) is 56.7 Å². The highest BCUT2D eigenvalue weighted by molar-refractivity contribution is 5.95. The van der Waals surface area contributed by atoms with E-state index >= 15 is 0 Å². The van der Waals surface area contributed by atoms with Gasteiger partial charge in [-0.05, 0) is 68.1 Å². The first-order valence-corrected chi connectivity index (χ1v) is 11.2. The van der Waals surface area contributed by atoms with Crippen LogP contribution >= 0.6 is 24.8 Å². The van der Waals surface area contributed by atoms with E-state index in [-0.39, 0.29) is 42.1 Å². The minimum Gasteiger partial charge on any atom is -0.336 e. The molecule has 1 aromatic heterocycles. The second kappa shape index (κ2) is 12.5. The lowest BCUT2D eigenvalue weighted by Crippen LogP contribution is -2.49. The van der Waals surface area contributed by atoms with Crippen LogP contribution < -0.4 is 10.9 Å². The number of carbonyl (C=O) groups excluding carboxylic acids is 1. The van der Waals surface area contributed by atoms with Gasteiger partial charge in [0.05, 0.1) is 0 Å². The first kappa shape index (κ1) is 27.3. The minimum atomic E-state index is -0.234. The predicted molar refractivity (Wildman–Crippen MR) is 133 cm³/mol. The van der Waals surface area contributed by atoms with Gasteiger partial charge in [-0.2, -0.15) is 0 Å². The fraction of sp³-hybridized carbons (Fsp3) is 0.500. The lowest BCUT2D eigenvalue weighted by Gasteiger charge is -2.35. The van der Waals surface area contributed by atoms with Crippen LogP contribution in [0.25, 0.3) is 0 Å². The Balaban J connectivity index is 0.00000193. The van der Waals surface area contributed by atoms with E-state index in [9.17, 15) is 14.0 Å². The van der Waals surface area contributed by atoms with E-state index in [1.165, 1.54) is 12.1 Å². The number of pyridine rings is 1. The van der Waals surface area contributed by atoms with Gasteiger partial charge in [-0.3, -0.25) is 14.5 Å². The third-order valence-corrected chi connectivity index (χ3v) is 6.42. The molecule has 2 aliphatic heterocycles. The van der Waals surface area contributed by atoms with E-state index in [2.05, 4.69) is 10.2 Å². The number of hydrogen-bond acceptors (Lipinski definition) is 4. The lowest BCUT2D eigenvalue weighted by atomic mass is 9.99. The Labute approximate surface area is 207 Å². The van der Waals surface area contributed by atoms with Crippen molar-refractivity contribution in [1.82, 2.24) is 19.7 Å². The number of aromatic nitrogens is 1. The van der Waals surface area contributed by atoms with Gasteiger partial charge in [0.1, 0.15) is 11.4 Å². The third kappa shape index (κ3) is 6.79. The molecule has 33 heavy (non-hydrogen) atoms. The molecule has 1 amide bonds. The summed E-state index contributed by atoms with van der Waals surface area (Å²) in [5.74, 6) is 0.0231. The normalized spacial score (nSPS) is 18.8. The number of halogens is 3. The molecular formula is C24H33Cl2FN4O2. The molecule has 1 unspecified atom stereocenters. The largest absolute Gasteiger partial charge is 0.336 e. The number of carbonyl (C=O) groups is 1. The van der Waals surface area contributed by atoms with Crippen LogP contribution in [0.1, 0.15) is 34.3 Å². The molecule has 0 saturated carbocycles. The zero-order chi connectivity index (χ0) is 21.8. The molecule has 0 aliphatic carbocycles. The molecule has 2 aromatic rings. The van der Waals surface area contributed by atoms with Crippen LogP contribution in [0.15, 0.2) is 41.3 Å². The van der Waals surface area contributed by atoms with E-state index in [1.54, 1.807) is 21.6 Å². The Morgan fingerprint density at radius 3 is 2.42 bits per heavy atom. The molecule has 4 rings (SSSR count). The van der Waals surface area contributed by atoms with Gasteiger partial charge < -0.3 is 14.8 Å². The Bertz CT molecular complexity index is 969. The molecule has 0 radical (unpaired) electrons. The monoisotopic (exact) mass is 498 g/mol. The molecule has 182 valence electrons. The number of nitrogens with one attached hydrogen (secondary N) is 1. The number of aryl methyl sites for hydroxylation is 1. The van der Waals surface area contributed by atoms with Gasteiger partial charge in [-0.25, -0.2) is 4.39 Å². The van der Waals surface area contributed by atoms with Crippen molar-refractivity contribution in [1.29, 1.82) is 0 Å². The number of rotatable bonds is 5. The highest BCUT2D eigenvalue weighted by Gasteiger charge is 2.26. The summed E-state index contributed by atoms with van der Waals surface area (Å²) < 4.78 is 14.8. The molecule has 6 nitrogen and oxygen atoms in total. The average molecular weight is 499 g/mol. The van der Waals surface area contributed by atoms with Crippen LogP contribution in [0.4, 0.5) is 4.39 Å². The minimum absolute atomic E-state index is 0. The molecule has 1 atom stereocenters. The van der Waals surface area contributed by atoms with Crippen molar-refractivity contribution in [2.45, 2.75) is 32.9 Å². The zero-order valence-corrected chi connectivity index (χ0v) is 20.6. The van der Waals surface area contributed by atoms with E-state index in [4.69, 9.17) is 0 Å². The molecule has 1 aromatic carbocycles. The molecule has 9 heteroatoms. The quantitative estimate of drug-likeness (QED) is 0.687. The van der Waals surface area contributed by atoms with Gasteiger partial charge in [0.25, 0.3) is 11.5 Å². The van der Waals surface area contributed by atoms with Crippen LogP contribution in [0, 0.1) is 18.7 Å². The number of benzene rings is 1. The molecule has 0 bridgehead atoms. The predicted octanol–water partition coefficient (Wildman–Crippen LogP) is 3.10. The molecule has 2 fully saturated rings. The number of nitrogens with zero attached hydrogens (tertiary/aromatic N) is 3. The molecule has 0 spiro atoms. The van der Waals surface area contributed by atoms with Crippen molar-refractivity contribution < 1.29 is 9.18 Å². The van der Waals surface area contributed by atoms with Crippen molar-refractivity contribution in [3.05, 3.63) is 69.4 Å². The first-order valence-electron chi connectivity index (χ1n) is 11.2. The topological polar surface area (TPSA) is 57.6 Å². The number of piperazine rings is 1. The summed E-state index contributed by atoms with van der Waals surface area (Å²) in [7, 11) is 0. The molecule has 2 saturated heterocycles. The fourth-order valence-corrected chi connectivity index (χ4v) is 4.54.